The molecule has 2 aliphatic rings. The average molecular weight is 411 g/mol. The van der Waals surface area contributed by atoms with Crippen LogP contribution in [0.1, 0.15) is 61.4 Å². The highest BCUT2D eigenvalue weighted by molar-refractivity contribution is 5.79. The standard InChI is InChI=1S/C23H30N4O3/c1-16-6-8-18(9-7-16)14-22(29)26-12-10-20(15-26)27(17(2)28)13-11-21-24-23(30-25-21)19-4-3-5-19/h6-9,19-20H,3-5,10-15H2,1-2H3. The van der Waals surface area contributed by atoms with E-state index >= 15 is 0 Å². The summed E-state index contributed by atoms with van der Waals surface area (Å²) in [5.74, 6) is 1.95. The first-order chi connectivity index (χ1) is 14.5. The summed E-state index contributed by atoms with van der Waals surface area (Å²) in [7, 11) is 0. The summed E-state index contributed by atoms with van der Waals surface area (Å²) in [6, 6.07) is 8.11. The largest absolute Gasteiger partial charge is 0.340 e. The number of hydrogen-bond donors (Lipinski definition) is 0. The molecule has 7 nitrogen and oxygen atoms in total. The van der Waals surface area contributed by atoms with Gasteiger partial charge in [-0.05, 0) is 31.7 Å². The number of aromatic nitrogens is 2. The van der Waals surface area contributed by atoms with Crippen LogP contribution in [0.2, 0.25) is 0 Å². The Bertz CT molecular complexity index is 888. The van der Waals surface area contributed by atoms with Crippen molar-refractivity contribution >= 4 is 11.8 Å². The average Bonchev–Trinajstić information content (AvgIpc) is 3.32. The van der Waals surface area contributed by atoms with Crippen LogP contribution in [-0.4, -0.2) is 57.4 Å². The lowest BCUT2D eigenvalue weighted by atomic mass is 9.85. The summed E-state index contributed by atoms with van der Waals surface area (Å²) in [5.41, 5.74) is 2.21. The first-order valence-corrected chi connectivity index (χ1v) is 10.9. The maximum Gasteiger partial charge on any atom is 0.229 e. The van der Waals surface area contributed by atoms with Gasteiger partial charge in [0, 0.05) is 38.9 Å². The van der Waals surface area contributed by atoms with E-state index < -0.39 is 0 Å². The van der Waals surface area contributed by atoms with E-state index in [2.05, 4.69) is 10.1 Å². The summed E-state index contributed by atoms with van der Waals surface area (Å²) in [6.07, 6.45) is 5.25. The van der Waals surface area contributed by atoms with Crippen molar-refractivity contribution in [3.05, 3.63) is 47.1 Å². The molecule has 1 saturated carbocycles. The molecule has 1 aliphatic carbocycles. The number of nitrogens with zero attached hydrogens (tertiary/aromatic N) is 4. The van der Waals surface area contributed by atoms with Crippen LogP contribution < -0.4 is 0 Å². The van der Waals surface area contributed by atoms with E-state index in [-0.39, 0.29) is 17.9 Å². The molecule has 0 N–H and O–H groups in total. The van der Waals surface area contributed by atoms with E-state index in [9.17, 15) is 9.59 Å². The number of aryl methyl sites for hydroxylation is 1. The molecular weight excluding hydrogens is 380 g/mol. The molecule has 0 radical (unpaired) electrons. The second-order valence-corrected chi connectivity index (χ2v) is 8.58. The van der Waals surface area contributed by atoms with Crippen molar-refractivity contribution in [2.45, 2.75) is 64.3 Å². The van der Waals surface area contributed by atoms with E-state index in [1.807, 2.05) is 41.0 Å². The fourth-order valence-corrected chi connectivity index (χ4v) is 4.22. The Morgan fingerprint density at radius 3 is 2.63 bits per heavy atom. The summed E-state index contributed by atoms with van der Waals surface area (Å²) in [4.78, 5) is 33.2. The number of carbonyl (C=O) groups excluding carboxylic acids is 2. The summed E-state index contributed by atoms with van der Waals surface area (Å²) < 4.78 is 5.38. The molecule has 1 aliphatic heterocycles. The number of likely N-dealkylation sites (tertiary alicyclic amines) is 1. The molecule has 1 unspecified atom stereocenters. The maximum atomic E-state index is 12.7. The quantitative estimate of drug-likeness (QED) is 0.701. The van der Waals surface area contributed by atoms with Crippen LogP contribution in [-0.2, 0) is 22.4 Å². The molecular formula is C23H30N4O3. The molecule has 1 aromatic carbocycles. The molecule has 30 heavy (non-hydrogen) atoms. The van der Waals surface area contributed by atoms with E-state index in [0.717, 1.165) is 30.7 Å². The minimum atomic E-state index is 0.0237. The van der Waals surface area contributed by atoms with Crippen LogP contribution in [0.3, 0.4) is 0 Å². The second kappa shape index (κ2) is 8.98. The van der Waals surface area contributed by atoms with E-state index in [4.69, 9.17) is 4.52 Å². The third-order valence-corrected chi connectivity index (χ3v) is 6.35. The molecule has 2 amide bonds. The highest BCUT2D eigenvalue weighted by atomic mass is 16.5. The normalized spacial score (nSPS) is 19.0. The minimum Gasteiger partial charge on any atom is -0.340 e. The van der Waals surface area contributed by atoms with Crippen molar-refractivity contribution in [2.24, 2.45) is 0 Å². The van der Waals surface area contributed by atoms with Gasteiger partial charge in [-0.3, -0.25) is 9.59 Å². The second-order valence-electron chi connectivity index (χ2n) is 8.58. The van der Waals surface area contributed by atoms with Gasteiger partial charge in [-0.1, -0.05) is 41.4 Å². The predicted molar refractivity (Wildman–Crippen MR) is 112 cm³/mol. The summed E-state index contributed by atoms with van der Waals surface area (Å²) >= 11 is 0. The zero-order chi connectivity index (χ0) is 21.1. The Balaban J connectivity index is 1.30. The Morgan fingerprint density at radius 2 is 1.97 bits per heavy atom. The lowest BCUT2D eigenvalue weighted by molar-refractivity contribution is -0.133. The molecule has 0 bridgehead atoms. The lowest BCUT2D eigenvalue weighted by Crippen LogP contribution is -2.43. The summed E-state index contributed by atoms with van der Waals surface area (Å²) in [6.45, 7) is 5.45. The van der Waals surface area contributed by atoms with E-state index in [1.165, 1.54) is 12.0 Å². The molecule has 1 atom stereocenters. The molecule has 2 fully saturated rings. The first-order valence-electron chi connectivity index (χ1n) is 10.9. The van der Waals surface area contributed by atoms with Crippen LogP contribution in [0.4, 0.5) is 0 Å². The SMILES string of the molecule is CC(=O)N(CCc1noc(C2CCC2)n1)C1CCN(C(=O)Cc2ccc(C)cc2)C1. The smallest absolute Gasteiger partial charge is 0.229 e. The Morgan fingerprint density at radius 1 is 1.20 bits per heavy atom. The molecule has 0 spiro atoms. The Kier molecular flexibility index (Phi) is 6.16. The third-order valence-electron chi connectivity index (χ3n) is 6.35. The number of carbonyl (C=O) groups is 2. The van der Waals surface area contributed by atoms with Gasteiger partial charge in [-0.25, -0.2) is 0 Å². The van der Waals surface area contributed by atoms with Gasteiger partial charge in [-0.15, -0.1) is 0 Å². The third kappa shape index (κ3) is 4.71. The topological polar surface area (TPSA) is 79.5 Å². The monoisotopic (exact) mass is 410 g/mol. The maximum absolute atomic E-state index is 12.7. The fraction of sp³-hybridized carbons (Fsp3) is 0.565. The molecule has 7 heteroatoms. The molecule has 1 saturated heterocycles. The predicted octanol–water partition coefficient (Wildman–Crippen LogP) is 2.88. The van der Waals surface area contributed by atoms with Gasteiger partial charge in [-0.2, -0.15) is 4.98 Å². The minimum absolute atomic E-state index is 0.0237. The summed E-state index contributed by atoms with van der Waals surface area (Å²) in [5, 5.41) is 4.08. The van der Waals surface area contributed by atoms with Gasteiger partial charge in [0.05, 0.1) is 12.5 Å². The van der Waals surface area contributed by atoms with Crippen molar-refractivity contribution < 1.29 is 14.1 Å². The number of amides is 2. The van der Waals surface area contributed by atoms with Gasteiger partial charge in [0.1, 0.15) is 0 Å². The lowest BCUT2D eigenvalue weighted by Gasteiger charge is -2.27. The first kappa shape index (κ1) is 20.6. The van der Waals surface area contributed by atoms with Crippen molar-refractivity contribution in [1.82, 2.24) is 19.9 Å². The van der Waals surface area contributed by atoms with Crippen molar-refractivity contribution in [1.29, 1.82) is 0 Å². The van der Waals surface area contributed by atoms with Crippen molar-refractivity contribution in [3.8, 4) is 0 Å². The molecule has 2 aromatic rings. The zero-order valence-corrected chi connectivity index (χ0v) is 17.8. The van der Waals surface area contributed by atoms with Gasteiger partial charge in [0.25, 0.3) is 0 Å². The van der Waals surface area contributed by atoms with Gasteiger partial charge >= 0.3 is 0 Å². The van der Waals surface area contributed by atoms with Crippen LogP contribution in [0, 0.1) is 6.92 Å². The molecule has 160 valence electrons. The van der Waals surface area contributed by atoms with Gasteiger partial charge < -0.3 is 14.3 Å². The Hall–Kier alpha value is -2.70. The fourth-order valence-electron chi connectivity index (χ4n) is 4.22. The Labute approximate surface area is 177 Å². The van der Waals surface area contributed by atoms with Crippen LogP contribution in [0.15, 0.2) is 28.8 Å². The molecule has 4 rings (SSSR count). The highest BCUT2D eigenvalue weighted by Crippen LogP contribution is 2.35. The molecule has 2 heterocycles. The van der Waals surface area contributed by atoms with Gasteiger partial charge in [0.15, 0.2) is 5.82 Å². The zero-order valence-electron chi connectivity index (χ0n) is 17.8. The van der Waals surface area contributed by atoms with Crippen LogP contribution in [0.25, 0.3) is 0 Å². The number of benzene rings is 1. The highest BCUT2D eigenvalue weighted by Gasteiger charge is 2.32. The number of rotatable bonds is 7. The van der Waals surface area contributed by atoms with Crippen LogP contribution >= 0.6 is 0 Å². The van der Waals surface area contributed by atoms with Gasteiger partial charge in [0.2, 0.25) is 17.7 Å². The van der Waals surface area contributed by atoms with E-state index in [0.29, 0.717) is 44.2 Å². The molecule has 1 aromatic heterocycles. The van der Waals surface area contributed by atoms with Crippen LogP contribution in [0.5, 0.6) is 0 Å². The van der Waals surface area contributed by atoms with E-state index in [1.54, 1.807) is 6.92 Å². The van der Waals surface area contributed by atoms with Crippen molar-refractivity contribution in [2.75, 3.05) is 19.6 Å². The van der Waals surface area contributed by atoms with Crippen molar-refractivity contribution in [3.63, 3.8) is 0 Å². The number of hydrogen-bond acceptors (Lipinski definition) is 5.